The highest BCUT2D eigenvalue weighted by Gasteiger charge is 2.53. The summed E-state index contributed by atoms with van der Waals surface area (Å²) in [7, 11) is 0. The van der Waals surface area contributed by atoms with Gasteiger partial charge >= 0.3 is 0 Å². The first kappa shape index (κ1) is 17.4. The van der Waals surface area contributed by atoms with Crippen molar-refractivity contribution < 1.29 is 19.4 Å². The molecule has 23 heavy (non-hydrogen) atoms. The van der Waals surface area contributed by atoms with Crippen molar-refractivity contribution in [2.45, 2.75) is 52.2 Å². The van der Waals surface area contributed by atoms with E-state index in [1.54, 1.807) is 25.1 Å². The molecule has 2 unspecified atom stereocenters. The van der Waals surface area contributed by atoms with Gasteiger partial charge in [0.15, 0.2) is 11.6 Å². The van der Waals surface area contributed by atoms with Crippen molar-refractivity contribution >= 4 is 11.6 Å². The van der Waals surface area contributed by atoms with Crippen LogP contribution < -0.4 is 0 Å². The maximum Gasteiger partial charge on any atom is 0.167 e. The molecule has 0 aromatic heterocycles. The van der Waals surface area contributed by atoms with E-state index in [0.717, 1.165) is 5.56 Å². The Hall–Kier alpha value is -1.94. The van der Waals surface area contributed by atoms with Crippen molar-refractivity contribution in [3.63, 3.8) is 0 Å². The molecular formula is C19H24O4. The lowest BCUT2D eigenvalue weighted by Gasteiger charge is -2.24. The van der Waals surface area contributed by atoms with Gasteiger partial charge in [-0.05, 0) is 37.8 Å². The molecule has 4 heteroatoms. The molecule has 1 N–H and O–H groups in total. The lowest BCUT2D eigenvalue weighted by Crippen LogP contribution is -2.26. The number of phenols is 1. The van der Waals surface area contributed by atoms with E-state index < -0.39 is 17.1 Å². The van der Waals surface area contributed by atoms with Gasteiger partial charge < -0.3 is 9.84 Å². The zero-order chi connectivity index (χ0) is 17.4. The second-order valence-corrected chi connectivity index (χ2v) is 7.17. The third kappa shape index (κ3) is 3.70. The molecule has 2 rings (SSSR count). The fourth-order valence-corrected chi connectivity index (χ4v) is 2.89. The maximum atomic E-state index is 12.6. The molecule has 0 saturated carbocycles. The lowest BCUT2D eigenvalue weighted by molar-refractivity contribution is -0.121. The monoisotopic (exact) mass is 316 g/mol. The normalized spacial score (nSPS) is 21.3. The van der Waals surface area contributed by atoms with Crippen LogP contribution in [0.4, 0.5) is 0 Å². The first-order valence-electron chi connectivity index (χ1n) is 7.75. The van der Waals surface area contributed by atoms with Crippen molar-refractivity contribution in [1.82, 2.24) is 0 Å². The van der Waals surface area contributed by atoms with Crippen LogP contribution in [0.1, 0.15) is 49.5 Å². The number of hydrogen-bond acceptors (Lipinski definition) is 4. The number of allylic oxidation sites excluding steroid dienone is 1. The standard InChI is InChI=1S/C19H24O4/c1-6-19(5,11-15(22)17-18(3,4)23-17)10-14(21)16-12(2)8-7-9-13(16)20/h6-9,17,20H,1,10-11H2,2-5H3. The first-order chi connectivity index (χ1) is 10.6. The number of epoxide rings is 1. The minimum atomic E-state index is -0.662. The van der Waals surface area contributed by atoms with Crippen molar-refractivity contribution in [3.05, 3.63) is 42.0 Å². The van der Waals surface area contributed by atoms with E-state index in [1.807, 2.05) is 20.8 Å². The van der Waals surface area contributed by atoms with Crippen LogP contribution in [0.15, 0.2) is 30.9 Å². The summed E-state index contributed by atoms with van der Waals surface area (Å²) >= 11 is 0. The van der Waals surface area contributed by atoms with Gasteiger partial charge in [-0.1, -0.05) is 25.1 Å². The van der Waals surface area contributed by atoms with Gasteiger partial charge in [0.25, 0.3) is 0 Å². The fraction of sp³-hybridized carbons (Fsp3) is 0.474. The molecule has 0 spiro atoms. The first-order valence-corrected chi connectivity index (χ1v) is 7.75. The number of ketones is 2. The summed E-state index contributed by atoms with van der Waals surface area (Å²) in [5.74, 6) is -0.231. The van der Waals surface area contributed by atoms with Crippen molar-refractivity contribution in [1.29, 1.82) is 0 Å². The number of rotatable bonds is 7. The van der Waals surface area contributed by atoms with E-state index in [4.69, 9.17) is 4.74 Å². The Morgan fingerprint density at radius 2 is 2.00 bits per heavy atom. The number of carbonyl (C=O) groups is 2. The van der Waals surface area contributed by atoms with Crippen LogP contribution in [0.3, 0.4) is 0 Å². The maximum absolute atomic E-state index is 12.6. The molecule has 1 aromatic rings. The van der Waals surface area contributed by atoms with Crippen LogP contribution in [-0.2, 0) is 9.53 Å². The highest BCUT2D eigenvalue weighted by atomic mass is 16.6. The molecule has 124 valence electrons. The van der Waals surface area contributed by atoms with Gasteiger partial charge in [-0.25, -0.2) is 0 Å². The molecular weight excluding hydrogens is 292 g/mol. The smallest absolute Gasteiger partial charge is 0.167 e. The van der Waals surface area contributed by atoms with E-state index in [-0.39, 0.29) is 30.2 Å². The molecule has 2 atom stereocenters. The molecule has 1 aliphatic heterocycles. The van der Waals surface area contributed by atoms with Gasteiger partial charge in [-0.15, -0.1) is 6.58 Å². The van der Waals surface area contributed by atoms with E-state index in [2.05, 4.69) is 6.58 Å². The van der Waals surface area contributed by atoms with Gasteiger partial charge in [0.1, 0.15) is 11.9 Å². The molecule has 1 fully saturated rings. The Balaban J connectivity index is 2.13. The minimum absolute atomic E-state index is 0.0146. The summed E-state index contributed by atoms with van der Waals surface area (Å²) in [6.45, 7) is 11.1. The number of hydrogen-bond donors (Lipinski definition) is 1. The number of carbonyl (C=O) groups excluding carboxylic acids is 2. The Kier molecular flexibility index (Phi) is 4.49. The average molecular weight is 316 g/mol. The van der Waals surface area contributed by atoms with E-state index in [1.165, 1.54) is 6.07 Å². The van der Waals surface area contributed by atoms with Crippen LogP contribution in [0.25, 0.3) is 0 Å². The second-order valence-electron chi connectivity index (χ2n) is 7.17. The molecule has 0 radical (unpaired) electrons. The van der Waals surface area contributed by atoms with Crippen LogP contribution in [-0.4, -0.2) is 28.4 Å². The molecule has 0 amide bonds. The van der Waals surface area contributed by atoms with Gasteiger partial charge in [-0.3, -0.25) is 9.59 Å². The molecule has 1 aromatic carbocycles. The van der Waals surface area contributed by atoms with E-state index >= 15 is 0 Å². The van der Waals surface area contributed by atoms with Crippen LogP contribution in [0, 0.1) is 12.3 Å². The number of ether oxygens (including phenoxy) is 1. The van der Waals surface area contributed by atoms with Gasteiger partial charge in [0, 0.05) is 12.8 Å². The average Bonchev–Trinajstić information content (AvgIpc) is 3.07. The lowest BCUT2D eigenvalue weighted by atomic mass is 9.78. The molecule has 1 heterocycles. The highest BCUT2D eigenvalue weighted by Crippen LogP contribution is 2.40. The molecule has 0 bridgehead atoms. The molecule has 0 aliphatic carbocycles. The molecule has 1 aliphatic rings. The quantitative estimate of drug-likeness (QED) is 0.474. The summed E-state index contributed by atoms with van der Waals surface area (Å²) in [5.41, 5.74) is -0.0297. The number of aromatic hydroxyl groups is 1. The Morgan fingerprint density at radius 3 is 2.48 bits per heavy atom. The van der Waals surface area contributed by atoms with Crippen molar-refractivity contribution in [3.8, 4) is 5.75 Å². The van der Waals surface area contributed by atoms with Gasteiger partial charge in [-0.2, -0.15) is 0 Å². The zero-order valence-corrected chi connectivity index (χ0v) is 14.2. The number of aryl methyl sites for hydroxylation is 1. The topological polar surface area (TPSA) is 66.9 Å². The number of Topliss-reactive ketones (excluding diaryl/α,β-unsaturated/α-hetero) is 2. The number of benzene rings is 1. The summed E-state index contributed by atoms with van der Waals surface area (Å²) in [5, 5.41) is 9.95. The zero-order valence-electron chi connectivity index (χ0n) is 14.2. The third-order valence-corrected chi connectivity index (χ3v) is 4.45. The van der Waals surface area contributed by atoms with Crippen molar-refractivity contribution in [2.24, 2.45) is 5.41 Å². The van der Waals surface area contributed by atoms with Crippen LogP contribution in [0.5, 0.6) is 5.75 Å². The molecule has 4 nitrogen and oxygen atoms in total. The predicted molar refractivity (Wildman–Crippen MR) is 88.7 cm³/mol. The Labute approximate surface area is 137 Å². The summed E-state index contributed by atoms with van der Waals surface area (Å²) < 4.78 is 5.38. The summed E-state index contributed by atoms with van der Waals surface area (Å²) in [6.07, 6.45) is 1.56. The Morgan fingerprint density at radius 1 is 1.39 bits per heavy atom. The van der Waals surface area contributed by atoms with E-state index in [9.17, 15) is 14.7 Å². The largest absolute Gasteiger partial charge is 0.507 e. The highest BCUT2D eigenvalue weighted by molar-refractivity contribution is 6.00. The SMILES string of the molecule is C=CC(C)(CC(=O)c1c(C)cccc1O)CC(=O)C1OC1(C)C. The third-order valence-electron chi connectivity index (χ3n) is 4.45. The second kappa shape index (κ2) is 5.93. The predicted octanol–water partition coefficient (Wildman–Crippen LogP) is 3.60. The Bertz CT molecular complexity index is 639. The van der Waals surface area contributed by atoms with Crippen LogP contribution in [0.2, 0.25) is 0 Å². The van der Waals surface area contributed by atoms with Crippen LogP contribution >= 0.6 is 0 Å². The summed E-state index contributed by atoms with van der Waals surface area (Å²) in [4.78, 5) is 24.9. The molecule has 1 saturated heterocycles. The van der Waals surface area contributed by atoms with Gasteiger partial charge in [0.2, 0.25) is 0 Å². The fourth-order valence-electron chi connectivity index (χ4n) is 2.89. The minimum Gasteiger partial charge on any atom is -0.507 e. The van der Waals surface area contributed by atoms with E-state index in [0.29, 0.717) is 5.56 Å². The number of phenolic OH excluding ortho intramolecular Hbond substituents is 1. The summed E-state index contributed by atoms with van der Waals surface area (Å²) in [6, 6.07) is 4.98. The van der Waals surface area contributed by atoms with Gasteiger partial charge in [0.05, 0.1) is 11.2 Å². The van der Waals surface area contributed by atoms with Crippen molar-refractivity contribution in [2.75, 3.05) is 0 Å².